The van der Waals surface area contributed by atoms with Gasteiger partial charge in [-0.15, -0.1) is 0 Å². The quantitative estimate of drug-likeness (QED) is 0.0777. The number of benzene rings is 2. The van der Waals surface area contributed by atoms with Crippen LogP contribution in [0.1, 0.15) is 116 Å². The Morgan fingerprint density at radius 1 is 0.375 bits per heavy atom. The summed E-state index contributed by atoms with van der Waals surface area (Å²) in [4.78, 5) is 81.0. The van der Waals surface area contributed by atoms with Crippen molar-refractivity contribution >= 4 is 46.9 Å². The lowest BCUT2D eigenvalue weighted by atomic mass is 10.1. The second-order valence-corrected chi connectivity index (χ2v) is 11.6. The zero-order valence-corrected chi connectivity index (χ0v) is 27.8. The van der Waals surface area contributed by atoms with Crippen molar-refractivity contribution in [2.75, 3.05) is 10.6 Å². The summed E-state index contributed by atoms with van der Waals surface area (Å²) in [6.07, 6.45) is 10.0. The van der Waals surface area contributed by atoms with Crippen molar-refractivity contribution in [1.82, 2.24) is 11.0 Å². The first-order valence-electron chi connectivity index (χ1n) is 17.0. The van der Waals surface area contributed by atoms with Crippen LogP contribution in [0.5, 0.6) is 0 Å². The van der Waals surface area contributed by atoms with Crippen molar-refractivity contribution in [3.05, 3.63) is 60.7 Å². The average Bonchev–Trinajstić information content (AvgIpc) is 3.08. The molecule has 0 saturated heterocycles. The third-order valence-electron chi connectivity index (χ3n) is 7.30. The molecular formula is C36H50N4O8. The van der Waals surface area contributed by atoms with Crippen LogP contribution in [0.4, 0.5) is 11.4 Å². The highest BCUT2D eigenvalue weighted by Gasteiger charge is 2.10. The van der Waals surface area contributed by atoms with Gasteiger partial charge >= 0.3 is 11.9 Å². The van der Waals surface area contributed by atoms with E-state index >= 15 is 0 Å². The van der Waals surface area contributed by atoms with E-state index in [0.29, 0.717) is 51.4 Å². The Balaban J connectivity index is 1.33. The molecule has 0 heterocycles. The Kier molecular flexibility index (Phi) is 20.8. The third-order valence-corrected chi connectivity index (χ3v) is 7.30. The first kappa shape index (κ1) is 39.4. The number of rotatable bonds is 23. The van der Waals surface area contributed by atoms with E-state index in [2.05, 4.69) is 21.6 Å². The van der Waals surface area contributed by atoms with Gasteiger partial charge in [-0.2, -0.15) is 11.0 Å². The lowest BCUT2D eigenvalue weighted by molar-refractivity contribution is -0.158. The first-order valence-corrected chi connectivity index (χ1v) is 17.0. The fourth-order valence-corrected chi connectivity index (χ4v) is 4.66. The molecule has 0 unspecified atom stereocenters. The molecule has 0 aliphatic carbocycles. The molecule has 12 heteroatoms. The Labute approximate surface area is 283 Å². The third kappa shape index (κ3) is 21.1. The van der Waals surface area contributed by atoms with Gasteiger partial charge in [-0.1, -0.05) is 74.9 Å². The van der Waals surface area contributed by atoms with E-state index in [1.54, 1.807) is 0 Å². The minimum absolute atomic E-state index is 0.0341. The van der Waals surface area contributed by atoms with E-state index in [9.17, 15) is 28.8 Å². The van der Waals surface area contributed by atoms with Gasteiger partial charge in [0, 0.05) is 49.9 Å². The molecule has 0 aromatic heterocycles. The largest absolute Gasteiger partial charge is 0.341 e. The standard InChI is InChI=1S/C36H50N4O8/c41-31(37-29-19-9-7-10-20-29)23-13-1-3-15-25-33(43)39-47-35(45)27-17-5-6-18-28-36(46)48-40-34(44)26-16-4-2-14-24-32(42)38-30-21-11-8-12-22-30/h7-12,19-22H,1-6,13-18,23-28H2,(H,37,41)(H,38,42)(H,39,43)(H,40,44). The predicted molar refractivity (Wildman–Crippen MR) is 182 cm³/mol. The zero-order chi connectivity index (χ0) is 34.7. The van der Waals surface area contributed by atoms with Crippen molar-refractivity contribution in [3.63, 3.8) is 0 Å². The number of carbonyl (C=O) groups excluding carboxylic acids is 6. The monoisotopic (exact) mass is 666 g/mol. The van der Waals surface area contributed by atoms with E-state index in [0.717, 1.165) is 49.9 Å². The summed E-state index contributed by atoms with van der Waals surface area (Å²) in [7, 11) is 0. The highest BCUT2D eigenvalue weighted by Crippen LogP contribution is 2.11. The van der Waals surface area contributed by atoms with Crippen LogP contribution in [-0.2, 0) is 38.4 Å². The topological polar surface area (TPSA) is 169 Å². The molecule has 0 atom stereocenters. The summed E-state index contributed by atoms with van der Waals surface area (Å²) in [5.74, 6) is -1.85. The van der Waals surface area contributed by atoms with E-state index < -0.39 is 11.9 Å². The number of nitrogens with one attached hydrogen (secondary N) is 4. The van der Waals surface area contributed by atoms with Gasteiger partial charge in [0.05, 0.1) is 0 Å². The zero-order valence-electron chi connectivity index (χ0n) is 27.8. The molecule has 4 N–H and O–H groups in total. The number of hydrogen-bond acceptors (Lipinski definition) is 8. The Morgan fingerprint density at radius 2 is 0.667 bits per heavy atom. The molecule has 0 spiro atoms. The van der Waals surface area contributed by atoms with Crippen molar-refractivity contribution in [3.8, 4) is 0 Å². The molecule has 0 bridgehead atoms. The van der Waals surface area contributed by atoms with Gasteiger partial charge in [0.15, 0.2) is 0 Å². The van der Waals surface area contributed by atoms with Gasteiger partial charge in [0.1, 0.15) is 0 Å². The van der Waals surface area contributed by atoms with Crippen LogP contribution in [0.2, 0.25) is 0 Å². The molecule has 2 aromatic carbocycles. The van der Waals surface area contributed by atoms with Crippen molar-refractivity contribution in [2.45, 2.75) is 116 Å². The van der Waals surface area contributed by atoms with Gasteiger partial charge < -0.3 is 20.3 Å². The number of para-hydroxylation sites is 2. The second kappa shape index (κ2) is 25.4. The molecule has 48 heavy (non-hydrogen) atoms. The highest BCUT2D eigenvalue weighted by molar-refractivity contribution is 5.91. The van der Waals surface area contributed by atoms with Crippen LogP contribution >= 0.6 is 0 Å². The van der Waals surface area contributed by atoms with Gasteiger partial charge in [-0.25, -0.2) is 9.59 Å². The summed E-state index contributed by atoms with van der Waals surface area (Å²) in [6, 6.07) is 18.6. The van der Waals surface area contributed by atoms with E-state index in [-0.39, 0.29) is 49.3 Å². The Bertz CT molecular complexity index is 1160. The van der Waals surface area contributed by atoms with E-state index in [4.69, 9.17) is 9.68 Å². The predicted octanol–water partition coefficient (Wildman–Crippen LogP) is 6.43. The Hall–Kier alpha value is -4.74. The van der Waals surface area contributed by atoms with Crippen LogP contribution in [0.25, 0.3) is 0 Å². The second-order valence-electron chi connectivity index (χ2n) is 11.6. The normalized spacial score (nSPS) is 10.4. The summed E-state index contributed by atoms with van der Waals surface area (Å²) >= 11 is 0. The molecule has 2 rings (SSSR count). The maximum Gasteiger partial charge on any atom is 0.332 e. The van der Waals surface area contributed by atoms with Gasteiger partial charge in [0.25, 0.3) is 11.8 Å². The van der Waals surface area contributed by atoms with E-state index in [1.165, 1.54) is 0 Å². The average molecular weight is 667 g/mol. The lowest BCUT2D eigenvalue weighted by Gasteiger charge is -2.07. The molecule has 0 aliphatic rings. The van der Waals surface area contributed by atoms with Crippen LogP contribution in [0.15, 0.2) is 60.7 Å². The number of hydroxylamine groups is 2. The fourth-order valence-electron chi connectivity index (χ4n) is 4.66. The van der Waals surface area contributed by atoms with Gasteiger partial charge in [-0.05, 0) is 62.8 Å². The van der Waals surface area contributed by atoms with Crippen molar-refractivity contribution in [2.24, 2.45) is 0 Å². The van der Waals surface area contributed by atoms with Crippen LogP contribution in [0.3, 0.4) is 0 Å². The first-order chi connectivity index (χ1) is 23.3. The number of amides is 4. The summed E-state index contributed by atoms with van der Waals surface area (Å²) in [5, 5.41) is 5.68. The minimum atomic E-state index is -0.525. The number of unbranched alkanes of at least 4 members (excludes halogenated alkanes) is 9. The molecule has 12 nitrogen and oxygen atoms in total. The molecule has 262 valence electrons. The molecule has 2 aromatic rings. The minimum Gasteiger partial charge on any atom is -0.341 e. The Morgan fingerprint density at radius 3 is 1.00 bits per heavy atom. The van der Waals surface area contributed by atoms with Crippen LogP contribution < -0.4 is 21.6 Å². The van der Waals surface area contributed by atoms with Gasteiger partial charge in [0.2, 0.25) is 11.8 Å². The van der Waals surface area contributed by atoms with Crippen LogP contribution in [0, 0.1) is 0 Å². The van der Waals surface area contributed by atoms with Crippen molar-refractivity contribution in [1.29, 1.82) is 0 Å². The molecule has 0 aliphatic heterocycles. The molecular weight excluding hydrogens is 616 g/mol. The maximum atomic E-state index is 11.9. The summed E-state index contributed by atoms with van der Waals surface area (Å²) in [5.41, 5.74) is 5.90. The SMILES string of the molecule is O=C(CCCCCCC(=O)Nc1ccccc1)NOC(=O)CCCCCCC(=O)ONC(=O)CCCCCCC(=O)Nc1ccccc1. The van der Waals surface area contributed by atoms with Gasteiger partial charge in [-0.3, -0.25) is 19.2 Å². The number of carbonyl (C=O) groups is 6. The van der Waals surface area contributed by atoms with Crippen molar-refractivity contribution < 1.29 is 38.4 Å². The van der Waals surface area contributed by atoms with E-state index in [1.807, 2.05) is 60.7 Å². The maximum absolute atomic E-state index is 11.9. The summed E-state index contributed by atoms with van der Waals surface area (Å²) < 4.78 is 0. The van der Waals surface area contributed by atoms with Crippen LogP contribution in [-0.4, -0.2) is 35.6 Å². The molecule has 4 amide bonds. The highest BCUT2D eigenvalue weighted by atomic mass is 16.7. The summed E-state index contributed by atoms with van der Waals surface area (Å²) in [6.45, 7) is 0. The lowest BCUT2D eigenvalue weighted by Crippen LogP contribution is -2.26. The smallest absolute Gasteiger partial charge is 0.332 e. The molecule has 0 saturated carbocycles. The number of hydrogen-bond donors (Lipinski definition) is 4. The number of anilines is 2. The molecule has 0 fully saturated rings. The molecule has 0 radical (unpaired) electrons. The fraction of sp³-hybridized carbons (Fsp3) is 0.500.